The second kappa shape index (κ2) is 7.69. The molecule has 1 saturated carbocycles. The Balaban J connectivity index is 1.52. The van der Waals surface area contributed by atoms with Gasteiger partial charge in [0.25, 0.3) is 0 Å². The van der Waals surface area contributed by atoms with Gasteiger partial charge in [0.1, 0.15) is 9.84 Å². The maximum absolute atomic E-state index is 12.0. The summed E-state index contributed by atoms with van der Waals surface area (Å²) in [5.74, 6) is 1.48. The molecule has 1 aromatic carbocycles. The molecule has 2 aromatic heterocycles. The highest BCUT2D eigenvalue weighted by Crippen LogP contribution is 2.51. The van der Waals surface area contributed by atoms with Crippen molar-refractivity contribution in [2.75, 3.05) is 25.7 Å². The number of aryl methyl sites for hydroxylation is 1. The molecule has 2 aliphatic rings. The summed E-state index contributed by atoms with van der Waals surface area (Å²) >= 11 is 0. The summed E-state index contributed by atoms with van der Waals surface area (Å²) in [6.45, 7) is 4.47. The van der Waals surface area contributed by atoms with Crippen molar-refractivity contribution in [2.24, 2.45) is 0 Å². The van der Waals surface area contributed by atoms with Gasteiger partial charge in [0.05, 0.1) is 24.0 Å². The van der Waals surface area contributed by atoms with Gasteiger partial charge in [-0.1, -0.05) is 18.7 Å². The Labute approximate surface area is 192 Å². The fourth-order valence-electron chi connectivity index (χ4n) is 4.48. The number of Topliss-reactive ketones (excluding diaryl/α,β-unsaturated/α-hetero) is 1. The number of hydrogen-bond acceptors (Lipinski definition) is 7. The molecule has 3 aromatic rings. The lowest BCUT2D eigenvalue weighted by molar-refractivity contribution is 0.0994. The maximum atomic E-state index is 12.0. The van der Waals surface area contributed by atoms with Crippen molar-refractivity contribution in [3.05, 3.63) is 59.6 Å². The van der Waals surface area contributed by atoms with Crippen molar-refractivity contribution in [1.82, 2.24) is 19.9 Å². The Morgan fingerprint density at radius 3 is 2.73 bits per heavy atom. The van der Waals surface area contributed by atoms with Crippen LogP contribution in [0.25, 0.3) is 16.9 Å². The molecule has 1 N–H and O–H groups in total. The van der Waals surface area contributed by atoms with Crippen LogP contribution in [0.3, 0.4) is 0 Å². The largest absolute Gasteiger partial charge is 0.493 e. The van der Waals surface area contributed by atoms with Gasteiger partial charge >= 0.3 is 0 Å². The molecule has 172 valence electrons. The molecule has 8 nitrogen and oxygen atoms in total. The number of pyridine rings is 1. The summed E-state index contributed by atoms with van der Waals surface area (Å²) in [6.07, 6.45) is 4.21. The lowest BCUT2D eigenvalue weighted by Crippen LogP contribution is -2.28. The molecule has 33 heavy (non-hydrogen) atoms. The SMILES string of the molecule is C=C(NCCS(C)(=O)=O)C1(c2nc3c(OC)ccc(-c4ccc5c(c4)CCC5=O)n3n2)CC1. The van der Waals surface area contributed by atoms with Crippen LogP contribution >= 0.6 is 0 Å². The molecule has 2 heterocycles. The number of nitrogens with one attached hydrogen (secondary N) is 1. The van der Waals surface area contributed by atoms with Crippen LogP contribution in [0.5, 0.6) is 5.75 Å². The number of ketones is 1. The molecule has 0 spiro atoms. The minimum Gasteiger partial charge on any atom is -0.493 e. The summed E-state index contributed by atoms with van der Waals surface area (Å²) in [7, 11) is -1.46. The number of aromatic nitrogens is 3. The second-order valence-electron chi connectivity index (χ2n) is 8.87. The first-order valence-electron chi connectivity index (χ1n) is 10.9. The van der Waals surface area contributed by atoms with Crippen molar-refractivity contribution < 1.29 is 17.9 Å². The summed E-state index contributed by atoms with van der Waals surface area (Å²) in [4.78, 5) is 16.9. The number of methoxy groups -OCH3 is 1. The van der Waals surface area contributed by atoms with Gasteiger partial charge in [-0.05, 0) is 43.0 Å². The smallest absolute Gasteiger partial charge is 0.198 e. The standard InChI is InChI=1S/C24H26N4O4S/c1-15(25-12-13-33(3,30)31)24(10-11-24)23-26-22-21(32-2)9-7-19(28(22)27-23)17-4-6-18-16(14-17)5-8-20(18)29/h4,6-7,9,14,25H,1,5,8,10-13H2,2-3H3. The molecule has 0 aliphatic heterocycles. The van der Waals surface area contributed by atoms with E-state index in [4.69, 9.17) is 14.8 Å². The molecule has 1 fully saturated rings. The quantitative estimate of drug-likeness (QED) is 0.544. The van der Waals surface area contributed by atoms with Crippen molar-refractivity contribution in [3.63, 3.8) is 0 Å². The number of hydrogen-bond donors (Lipinski definition) is 1. The van der Waals surface area contributed by atoms with Crippen LogP contribution in [-0.4, -0.2) is 54.5 Å². The van der Waals surface area contributed by atoms with Crippen molar-refractivity contribution >= 4 is 21.3 Å². The zero-order valence-electron chi connectivity index (χ0n) is 18.7. The first-order valence-corrected chi connectivity index (χ1v) is 13.0. The normalized spacial score (nSPS) is 16.6. The molecular formula is C24H26N4O4S. The zero-order chi connectivity index (χ0) is 23.4. The first kappa shape index (κ1) is 21.6. The van der Waals surface area contributed by atoms with E-state index < -0.39 is 15.3 Å². The van der Waals surface area contributed by atoms with Gasteiger partial charge in [-0.3, -0.25) is 4.79 Å². The number of carbonyl (C=O) groups is 1. The van der Waals surface area contributed by atoms with Crippen LogP contribution in [0.15, 0.2) is 42.6 Å². The van der Waals surface area contributed by atoms with Crippen LogP contribution in [0.1, 0.15) is 41.0 Å². The van der Waals surface area contributed by atoms with E-state index in [1.165, 1.54) is 6.26 Å². The molecule has 0 bridgehead atoms. The van der Waals surface area contributed by atoms with E-state index in [1.54, 1.807) is 11.6 Å². The highest BCUT2D eigenvalue weighted by atomic mass is 32.2. The fraction of sp³-hybridized carbons (Fsp3) is 0.375. The molecule has 0 atom stereocenters. The molecule has 2 aliphatic carbocycles. The number of benzene rings is 1. The molecule has 9 heteroatoms. The summed E-state index contributed by atoms with van der Waals surface area (Å²) < 4.78 is 30.3. The van der Waals surface area contributed by atoms with E-state index in [2.05, 4.69) is 18.0 Å². The van der Waals surface area contributed by atoms with Gasteiger partial charge in [0, 0.05) is 36.0 Å². The lowest BCUT2D eigenvalue weighted by Gasteiger charge is -2.16. The second-order valence-corrected chi connectivity index (χ2v) is 11.1. The third-order valence-corrected chi connectivity index (χ3v) is 7.50. The Morgan fingerprint density at radius 2 is 2.03 bits per heavy atom. The minimum atomic E-state index is -3.06. The van der Waals surface area contributed by atoms with Gasteiger partial charge in [0.15, 0.2) is 23.0 Å². The molecule has 0 radical (unpaired) electrons. The Hall–Kier alpha value is -3.20. The van der Waals surface area contributed by atoms with Gasteiger partial charge < -0.3 is 10.1 Å². The van der Waals surface area contributed by atoms with E-state index in [0.717, 1.165) is 47.3 Å². The predicted octanol–water partition coefficient (Wildman–Crippen LogP) is 2.71. The highest BCUT2D eigenvalue weighted by molar-refractivity contribution is 7.90. The topological polar surface area (TPSA) is 103 Å². The lowest BCUT2D eigenvalue weighted by atomic mass is 10.0. The number of sulfone groups is 1. The van der Waals surface area contributed by atoms with E-state index in [9.17, 15) is 13.2 Å². The molecular weight excluding hydrogens is 440 g/mol. The average Bonchev–Trinajstić information content (AvgIpc) is 3.33. The average molecular weight is 467 g/mol. The molecule has 0 amide bonds. The van der Waals surface area contributed by atoms with E-state index in [1.807, 2.05) is 24.3 Å². The Kier molecular flexibility index (Phi) is 5.04. The van der Waals surface area contributed by atoms with Crippen LogP contribution < -0.4 is 10.1 Å². The minimum absolute atomic E-state index is 0.0412. The van der Waals surface area contributed by atoms with Crippen molar-refractivity contribution in [3.8, 4) is 17.0 Å². The van der Waals surface area contributed by atoms with Crippen LogP contribution in [0.2, 0.25) is 0 Å². The summed E-state index contributed by atoms with van der Waals surface area (Å²) in [6, 6.07) is 9.72. The number of fused-ring (bicyclic) bond motifs is 2. The molecule has 5 rings (SSSR count). The monoisotopic (exact) mass is 466 g/mol. The molecule has 0 saturated heterocycles. The number of allylic oxidation sites excluding steroid dienone is 1. The number of nitrogens with zero attached hydrogens (tertiary/aromatic N) is 3. The van der Waals surface area contributed by atoms with Gasteiger partial charge in [-0.15, -0.1) is 5.10 Å². The predicted molar refractivity (Wildman–Crippen MR) is 125 cm³/mol. The zero-order valence-corrected chi connectivity index (χ0v) is 19.5. The number of carbonyl (C=O) groups excluding carboxylic acids is 1. The van der Waals surface area contributed by atoms with Crippen LogP contribution in [0, 0.1) is 0 Å². The van der Waals surface area contributed by atoms with Crippen LogP contribution in [0.4, 0.5) is 0 Å². The van der Waals surface area contributed by atoms with E-state index >= 15 is 0 Å². The first-order chi connectivity index (χ1) is 15.7. The number of rotatable bonds is 8. The van der Waals surface area contributed by atoms with Crippen molar-refractivity contribution in [1.29, 1.82) is 0 Å². The molecule has 0 unspecified atom stereocenters. The highest BCUT2D eigenvalue weighted by Gasteiger charge is 2.51. The van der Waals surface area contributed by atoms with Crippen LogP contribution in [-0.2, 0) is 21.7 Å². The maximum Gasteiger partial charge on any atom is 0.198 e. The van der Waals surface area contributed by atoms with Gasteiger partial charge in [-0.2, -0.15) is 0 Å². The Morgan fingerprint density at radius 1 is 1.24 bits per heavy atom. The fourth-order valence-corrected chi connectivity index (χ4v) is 4.95. The number of ether oxygens (including phenoxy) is 1. The van der Waals surface area contributed by atoms with Crippen molar-refractivity contribution in [2.45, 2.75) is 31.1 Å². The summed E-state index contributed by atoms with van der Waals surface area (Å²) in [5.41, 5.74) is 4.60. The van der Waals surface area contributed by atoms with E-state index in [0.29, 0.717) is 30.2 Å². The third kappa shape index (κ3) is 3.80. The Bertz CT molecular complexity index is 1400. The summed E-state index contributed by atoms with van der Waals surface area (Å²) in [5, 5.41) is 8.02. The van der Waals surface area contributed by atoms with Gasteiger partial charge in [-0.25, -0.2) is 17.9 Å². The van der Waals surface area contributed by atoms with Gasteiger partial charge in [0.2, 0.25) is 0 Å². The van der Waals surface area contributed by atoms with E-state index in [-0.39, 0.29) is 11.5 Å². The third-order valence-electron chi connectivity index (χ3n) is 6.56.